The first-order valence-electron chi connectivity index (χ1n) is 8.51. The van der Waals surface area contributed by atoms with Gasteiger partial charge in [-0.25, -0.2) is 19.1 Å². The molecule has 0 aliphatic heterocycles. The van der Waals surface area contributed by atoms with E-state index in [-0.39, 0.29) is 5.82 Å². The molecule has 0 saturated heterocycles. The average molecular weight is 362 g/mol. The first-order valence-corrected chi connectivity index (χ1v) is 8.51. The summed E-state index contributed by atoms with van der Waals surface area (Å²) in [5.41, 5.74) is -0.327. The van der Waals surface area contributed by atoms with Gasteiger partial charge in [0.05, 0.1) is 0 Å². The fraction of sp³-hybridized carbons (Fsp3) is 0.556. The van der Waals surface area contributed by atoms with Crippen LogP contribution in [0.15, 0.2) is 18.5 Å². The maximum atomic E-state index is 12.8. The van der Waals surface area contributed by atoms with Crippen molar-refractivity contribution in [3.8, 4) is 0 Å². The lowest BCUT2D eigenvalue weighted by Gasteiger charge is -2.27. The van der Waals surface area contributed by atoms with Crippen LogP contribution in [-0.2, 0) is 15.9 Å². The van der Waals surface area contributed by atoms with Crippen LogP contribution >= 0.6 is 0 Å². The lowest BCUT2D eigenvalue weighted by atomic mass is 10.2. The molecule has 0 spiro atoms. The van der Waals surface area contributed by atoms with Crippen molar-refractivity contribution in [1.82, 2.24) is 14.6 Å². The van der Waals surface area contributed by atoms with Crippen LogP contribution in [-0.4, -0.2) is 38.0 Å². The van der Waals surface area contributed by atoms with Crippen LogP contribution < -0.4 is 4.90 Å². The molecule has 0 bridgehead atoms. The average Bonchev–Trinajstić information content (AvgIpc) is 2.81. The number of carbonyl (C=O) groups is 2. The highest BCUT2D eigenvalue weighted by Gasteiger charge is 2.36. The van der Waals surface area contributed by atoms with E-state index in [2.05, 4.69) is 10.1 Å². The van der Waals surface area contributed by atoms with Crippen LogP contribution in [0.5, 0.6) is 0 Å². The molecule has 26 heavy (non-hydrogen) atoms. The summed E-state index contributed by atoms with van der Waals surface area (Å²) < 4.78 is 12.3. The third-order valence-corrected chi connectivity index (χ3v) is 3.19. The number of nitrogens with zero attached hydrogens (tertiary/aromatic N) is 4. The van der Waals surface area contributed by atoms with Crippen molar-refractivity contribution in [3.05, 3.63) is 24.0 Å². The van der Waals surface area contributed by atoms with Gasteiger partial charge in [0.2, 0.25) is 0 Å². The molecular weight excluding hydrogens is 336 g/mol. The molecule has 2 heterocycles. The Labute approximate surface area is 153 Å². The third kappa shape index (κ3) is 4.50. The van der Waals surface area contributed by atoms with Crippen LogP contribution in [0.25, 0.3) is 5.65 Å². The number of hydrogen-bond donors (Lipinski definition) is 0. The molecule has 0 radical (unpaired) electrons. The van der Waals surface area contributed by atoms with E-state index in [9.17, 15) is 9.59 Å². The second kappa shape index (κ2) is 6.93. The van der Waals surface area contributed by atoms with Crippen LogP contribution in [0.4, 0.5) is 15.4 Å². The Balaban J connectivity index is 2.56. The molecule has 2 amide bonds. The van der Waals surface area contributed by atoms with E-state index in [0.717, 1.165) is 4.90 Å². The minimum absolute atomic E-state index is 0.162. The monoisotopic (exact) mass is 362 g/mol. The molecular formula is C18H26N4O4. The zero-order chi connectivity index (χ0) is 19.7. The van der Waals surface area contributed by atoms with Gasteiger partial charge in [-0.15, -0.1) is 5.10 Å². The number of rotatable bonds is 2. The minimum atomic E-state index is -0.843. The number of hydrogen-bond acceptors (Lipinski definition) is 6. The number of ether oxygens (including phenoxy) is 2. The van der Waals surface area contributed by atoms with Crippen molar-refractivity contribution in [2.24, 2.45) is 0 Å². The minimum Gasteiger partial charge on any atom is -0.443 e. The topological polar surface area (TPSA) is 86.0 Å². The normalized spacial score (nSPS) is 12.1. The van der Waals surface area contributed by atoms with Gasteiger partial charge in [0.25, 0.3) is 0 Å². The van der Waals surface area contributed by atoms with Gasteiger partial charge in [-0.1, -0.05) is 6.92 Å². The summed E-state index contributed by atoms with van der Waals surface area (Å²) in [5.74, 6) is 0.162. The molecule has 0 saturated carbocycles. The molecule has 0 atom stereocenters. The number of carbonyl (C=O) groups excluding carboxylic acids is 2. The zero-order valence-corrected chi connectivity index (χ0v) is 16.4. The van der Waals surface area contributed by atoms with E-state index < -0.39 is 23.4 Å². The molecule has 2 rings (SSSR count). The van der Waals surface area contributed by atoms with Gasteiger partial charge in [-0.2, -0.15) is 4.90 Å². The van der Waals surface area contributed by atoms with Crippen LogP contribution in [0, 0.1) is 0 Å². The Bertz CT molecular complexity index is 787. The maximum absolute atomic E-state index is 12.8. The van der Waals surface area contributed by atoms with Crippen molar-refractivity contribution in [1.29, 1.82) is 0 Å². The van der Waals surface area contributed by atoms with Gasteiger partial charge in [0.1, 0.15) is 11.2 Å². The first-order chi connectivity index (χ1) is 11.9. The van der Waals surface area contributed by atoms with E-state index >= 15 is 0 Å². The third-order valence-electron chi connectivity index (χ3n) is 3.19. The largest absolute Gasteiger partial charge is 0.443 e. The number of aryl methyl sites for hydroxylation is 1. The fourth-order valence-electron chi connectivity index (χ4n) is 2.28. The Morgan fingerprint density at radius 1 is 1.08 bits per heavy atom. The molecule has 0 fully saturated rings. The SMILES string of the molecule is CCc1c(N(C(=O)OC(C)(C)C)C(=O)OC(C)(C)C)nn2cccnc12. The molecule has 0 unspecified atom stereocenters. The Hall–Kier alpha value is -2.64. The molecule has 0 N–H and O–H groups in total. The smallest absolute Gasteiger partial charge is 0.425 e. The van der Waals surface area contributed by atoms with Gasteiger partial charge in [0.15, 0.2) is 11.5 Å². The molecule has 8 heteroatoms. The Kier molecular flexibility index (Phi) is 5.25. The summed E-state index contributed by atoms with van der Waals surface area (Å²) in [5, 5.41) is 4.36. The predicted octanol–water partition coefficient (Wildman–Crippen LogP) is 3.97. The lowest BCUT2D eigenvalue weighted by Crippen LogP contribution is -2.44. The quantitative estimate of drug-likeness (QED) is 0.803. The molecule has 142 valence electrons. The highest BCUT2D eigenvalue weighted by Crippen LogP contribution is 2.27. The number of anilines is 1. The van der Waals surface area contributed by atoms with Crippen LogP contribution in [0.2, 0.25) is 0 Å². The van der Waals surface area contributed by atoms with Gasteiger partial charge >= 0.3 is 12.2 Å². The van der Waals surface area contributed by atoms with E-state index in [1.807, 2.05) is 6.92 Å². The number of amides is 2. The second-order valence-electron chi connectivity index (χ2n) is 7.84. The van der Waals surface area contributed by atoms with E-state index in [1.54, 1.807) is 60.0 Å². The van der Waals surface area contributed by atoms with Crippen molar-refractivity contribution >= 4 is 23.7 Å². The summed E-state index contributed by atoms with van der Waals surface area (Å²) in [4.78, 5) is 30.7. The molecule has 2 aromatic heterocycles. The Morgan fingerprint density at radius 3 is 2.08 bits per heavy atom. The summed E-state index contributed by atoms with van der Waals surface area (Å²) in [7, 11) is 0. The van der Waals surface area contributed by atoms with E-state index in [4.69, 9.17) is 9.47 Å². The lowest BCUT2D eigenvalue weighted by molar-refractivity contribution is 0.0428. The molecule has 0 aliphatic rings. The molecule has 0 aromatic carbocycles. The van der Waals surface area contributed by atoms with Crippen LogP contribution in [0.3, 0.4) is 0 Å². The highest BCUT2D eigenvalue weighted by atomic mass is 16.6. The Morgan fingerprint density at radius 2 is 1.62 bits per heavy atom. The maximum Gasteiger partial charge on any atom is 0.425 e. The number of imide groups is 1. The number of fused-ring (bicyclic) bond motifs is 1. The van der Waals surface area contributed by atoms with Crippen molar-refractivity contribution in [2.45, 2.75) is 66.1 Å². The summed E-state index contributed by atoms with van der Waals surface area (Å²) in [6, 6.07) is 1.72. The predicted molar refractivity (Wildman–Crippen MR) is 97.3 cm³/mol. The van der Waals surface area contributed by atoms with Gasteiger partial charge < -0.3 is 9.47 Å². The number of aromatic nitrogens is 3. The molecule has 2 aromatic rings. The fourth-order valence-corrected chi connectivity index (χ4v) is 2.28. The van der Waals surface area contributed by atoms with E-state index in [1.165, 1.54) is 4.52 Å². The van der Waals surface area contributed by atoms with Crippen molar-refractivity contribution in [2.75, 3.05) is 4.90 Å². The van der Waals surface area contributed by atoms with Gasteiger partial charge in [-0.05, 0) is 54.0 Å². The van der Waals surface area contributed by atoms with Gasteiger partial charge in [-0.3, -0.25) is 0 Å². The van der Waals surface area contributed by atoms with Gasteiger partial charge in [0, 0.05) is 18.0 Å². The summed E-state index contributed by atoms with van der Waals surface area (Å²) in [6.07, 6.45) is 2.17. The first kappa shape index (κ1) is 19.7. The molecule has 8 nitrogen and oxygen atoms in total. The van der Waals surface area contributed by atoms with Crippen LogP contribution in [0.1, 0.15) is 54.0 Å². The van der Waals surface area contributed by atoms with Crippen molar-refractivity contribution < 1.29 is 19.1 Å². The zero-order valence-electron chi connectivity index (χ0n) is 16.4. The second-order valence-corrected chi connectivity index (χ2v) is 7.84. The van der Waals surface area contributed by atoms with E-state index in [0.29, 0.717) is 17.6 Å². The highest BCUT2D eigenvalue weighted by molar-refractivity contribution is 6.09. The summed E-state index contributed by atoms with van der Waals surface area (Å²) in [6.45, 7) is 12.3. The van der Waals surface area contributed by atoms with Crippen molar-refractivity contribution in [3.63, 3.8) is 0 Å². The summed E-state index contributed by atoms with van der Waals surface area (Å²) >= 11 is 0. The standard InChI is InChI=1S/C18H26N4O4/c1-8-12-13-19-10-9-11-21(13)20-14(12)22(15(23)25-17(2,3)4)16(24)26-18(5,6)7/h9-11H,8H2,1-7H3. The molecule has 0 aliphatic carbocycles.